The van der Waals surface area contributed by atoms with Gasteiger partial charge in [-0.1, -0.05) is 51.4 Å². The van der Waals surface area contributed by atoms with Crippen molar-refractivity contribution in [1.29, 1.82) is 0 Å². The maximum atomic E-state index is 11.0. The number of hydrogen-bond donors (Lipinski definition) is 2. The topological polar surface area (TPSA) is 79.9 Å². The number of carbonyl (C=O) groups is 1. The van der Waals surface area contributed by atoms with Gasteiger partial charge in [0.25, 0.3) is 0 Å². The van der Waals surface area contributed by atoms with Crippen molar-refractivity contribution in [2.75, 3.05) is 7.11 Å². The Hall–Kier alpha value is -1.77. The summed E-state index contributed by atoms with van der Waals surface area (Å²) in [5, 5.41) is 20.2. The Balaban J connectivity index is 2.41. The Bertz CT molecular complexity index is 566. The number of aliphatic hydroxyl groups excluding tert-OH is 2. The Kier molecular flexibility index (Phi) is 11.5. The van der Waals surface area contributed by atoms with Crippen LogP contribution in [0.15, 0.2) is 16.7 Å². The second-order valence-corrected chi connectivity index (χ2v) is 6.53. The standard InChI is InChI=1S/C21H32O5/c1-3-4-5-6-7-8-11-19(23)18-15-16-26-20(18)14-13-17(22)10-9-12-21(24)25-2/h15-17,19,22-23H,3-12H2,1-2H3. The summed E-state index contributed by atoms with van der Waals surface area (Å²) in [4.78, 5) is 11.0. The number of methoxy groups -OCH3 is 1. The predicted octanol–water partition coefficient (Wildman–Crippen LogP) is 4.12. The summed E-state index contributed by atoms with van der Waals surface area (Å²) in [6, 6.07) is 1.73. The lowest BCUT2D eigenvalue weighted by Gasteiger charge is -2.09. The van der Waals surface area contributed by atoms with E-state index in [0.717, 1.165) is 12.8 Å². The monoisotopic (exact) mass is 364 g/mol. The first kappa shape index (κ1) is 22.3. The van der Waals surface area contributed by atoms with Gasteiger partial charge in [0.1, 0.15) is 6.10 Å². The van der Waals surface area contributed by atoms with Crippen LogP contribution >= 0.6 is 0 Å². The van der Waals surface area contributed by atoms with E-state index in [-0.39, 0.29) is 12.4 Å². The van der Waals surface area contributed by atoms with Crippen LogP contribution in [-0.2, 0) is 9.53 Å². The summed E-state index contributed by atoms with van der Waals surface area (Å²) in [6.45, 7) is 2.20. The largest absolute Gasteiger partial charge is 0.469 e. The molecule has 0 aromatic carbocycles. The fourth-order valence-corrected chi connectivity index (χ4v) is 2.72. The van der Waals surface area contributed by atoms with Gasteiger partial charge in [-0.3, -0.25) is 4.79 Å². The molecule has 0 aliphatic heterocycles. The molecule has 0 saturated heterocycles. The second kappa shape index (κ2) is 13.4. The maximum Gasteiger partial charge on any atom is 0.305 e. The molecule has 1 rings (SSSR count). The van der Waals surface area contributed by atoms with Crippen LogP contribution in [0.4, 0.5) is 0 Å². The Morgan fingerprint density at radius 1 is 1.15 bits per heavy atom. The van der Waals surface area contributed by atoms with E-state index in [4.69, 9.17) is 4.42 Å². The summed E-state index contributed by atoms with van der Waals surface area (Å²) in [5.74, 6) is 5.62. The normalized spacial score (nSPS) is 12.9. The highest BCUT2D eigenvalue weighted by atomic mass is 16.5. The molecule has 1 heterocycles. The predicted molar refractivity (Wildman–Crippen MR) is 100 cm³/mol. The van der Waals surface area contributed by atoms with Crippen molar-refractivity contribution >= 4 is 5.97 Å². The summed E-state index contributed by atoms with van der Waals surface area (Å²) >= 11 is 0. The highest BCUT2D eigenvalue weighted by Crippen LogP contribution is 2.24. The first-order valence-electron chi connectivity index (χ1n) is 9.60. The van der Waals surface area contributed by atoms with Crippen LogP contribution in [0.25, 0.3) is 0 Å². The van der Waals surface area contributed by atoms with Gasteiger partial charge in [-0.05, 0) is 31.2 Å². The molecule has 2 atom stereocenters. The van der Waals surface area contributed by atoms with Crippen LogP contribution in [0.3, 0.4) is 0 Å². The first-order chi connectivity index (χ1) is 12.6. The molecule has 0 spiro atoms. The molecule has 26 heavy (non-hydrogen) atoms. The maximum absolute atomic E-state index is 11.0. The van der Waals surface area contributed by atoms with Gasteiger partial charge in [-0.15, -0.1) is 0 Å². The number of hydrogen-bond acceptors (Lipinski definition) is 5. The third-order valence-electron chi connectivity index (χ3n) is 4.32. The number of ether oxygens (including phenoxy) is 1. The van der Waals surface area contributed by atoms with Crippen molar-refractivity contribution in [3.8, 4) is 11.8 Å². The number of furan rings is 1. The number of aliphatic hydroxyl groups is 2. The van der Waals surface area contributed by atoms with Crippen molar-refractivity contribution < 1.29 is 24.2 Å². The number of esters is 1. The van der Waals surface area contributed by atoms with Crippen molar-refractivity contribution in [3.05, 3.63) is 23.7 Å². The molecule has 0 aliphatic carbocycles. The minimum absolute atomic E-state index is 0.262. The molecule has 1 aromatic heterocycles. The number of carbonyl (C=O) groups excluding carboxylic acids is 1. The van der Waals surface area contributed by atoms with E-state index in [9.17, 15) is 15.0 Å². The zero-order valence-electron chi connectivity index (χ0n) is 16.0. The quantitative estimate of drug-likeness (QED) is 0.331. The Morgan fingerprint density at radius 3 is 2.62 bits per heavy atom. The third kappa shape index (κ3) is 9.07. The van der Waals surface area contributed by atoms with Gasteiger partial charge in [0.15, 0.2) is 5.76 Å². The summed E-state index contributed by atoms with van der Waals surface area (Å²) in [7, 11) is 1.34. The molecule has 2 unspecified atom stereocenters. The molecule has 2 N–H and O–H groups in total. The number of unbranched alkanes of at least 4 members (excludes halogenated alkanes) is 5. The van der Waals surface area contributed by atoms with Gasteiger partial charge in [-0.2, -0.15) is 0 Å². The molecular weight excluding hydrogens is 332 g/mol. The van der Waals surface area contributed by atoms with Gasteiger partial charge in [-0.25, -0.2) is 0 Å². The van der Waals surface area contributed by atoms with Crippen LogP contribution in [0, 0.1) is 11.8 Å². The first-order valence-corrected chi connectivity index (χ1v) is 9.60. The fourth-order valence-electron chi connectivity index (χ4n) is 2.72. The van der Waals surface area contributed by atoms with Crippen LogP contribution < -0.4 is 0 Å². The molecule has 146 valence electrons. The third-order valence-corrected chi connectivity index (χ3v) is 4.32. The summed E-state index contributed by atoms with van der Waals surface area (Å²) in [6.07, 6.45) is 8.96. The van der Waals surface area contributed by atoms with Crippen molar-refractivity contribution in [2.45, 2.75) is 83.3 Å². The van der Waals surface area contributed by atoms with Crippen LogP contribution in [-0.4, -0.2) is 29.4 Å². The van der Waals surface area contributed by atoms with Gasteiger partial charge in [0.2, 0.25) is 0 Å². The molecule has 0 radical (unpaired) electrons. The molecule has 0 aliphatic rings. The summed E-state index contributed by atoms with van der Waals surface area (Å²) < 4.78 is 9.89. The molecule has 5 nitrogen and oxygen atoms in total. The van der Waals surface area contributed by atoms with E-state index in [0.29, 0.717) is 30.6 Å². The van der Waals surface area contributed by atoms with Gasteiger partial charge < -0.3 is 19.4 Å². The van der Waals surface area contributed by atoms with E-state index in [1.165, 1.54) is 39.1 Å². The zero-order valence-corrected chi connectivity index (χ0v) is 16.0. The minimum Gasteiger partial charge on any atom is -0.469 e. The minimum atomic E-state index is -0.840. The molecule has 5 heteroatoms. The molecule has 1 aromatic rings. The Morgan fingerprint density at radius 2 is 1.88 bits per heavy atom. The molecular formula is C21H32O5. The average Bonchev–Trinajstić information content (AvgIpc) is 3.11. The molecule has 0 fully saturated rings. The van der Waals surface area contributed by atoms with Crippen molar-refractivity contribution in [2.24, 2.45) is 0 Å². The van der Waals surface area contributed by atoms with E-state index in [2.05, 4.69) is 23.5 Å². The smallest absolute Gasteiger partial charge is 0.305 e. The van der Waals surface area contributed by atoms with Crippen molar-refractivity contribution in [3.63, 3.8) is 0 Å². The average molecular weight is 364 g/mol. The van der Waals surface area contributed by atoms with Gasteiger partial charge >= 0.3 is 5.97 Å². The molecule has 0 bridgehead atoms. The van der Waals surface area contributed by atoms with E-state index in [1.807, 2.05) is 0 Å². The van der Waals surface area contributed by atoms with Gasteiger partial charge in [0, 0.05) is 12.0 Å². The summed E-state index contributed by atoms with van der Waals surface area (Å²) in [5.41, 5.74) is 0.674. The number of rotatable bonds is 12. The molecule has 0 amide bonds. The SMILES string of the molecule is CCCCCCCCC(O)c1ccoc1C#CC(O)CCCC(=O)OC. The second-order valence-electron chi connectivity index (χ2n) is 6.53. The van der Waals surface area contributed by atoms with Crippen LogP contribution in [0.5, 0.6) is 0 Å². The van der Waals surface area contributed by atoms with Crippen LogP contribution in [0.1, 0.15) is 88.6 Å². The lowest BCUT2D eigenvalue weighted by molar-refractivity contribution is -0.140. The highest BCUT2D eigenvalue weighted by molar-refractivity contribution is 5.69. The van der Waals surface area contributed by atoms with Crippen molar-refractivity contribution in [1.82, 2.24) is 0 Å². The lowest BCUT2D eigenvalue weighted by Crippen LogP contribution is -2.06. The van der Waals surface area contributed by atoms with E-state index < -0.39 is 12.2 Å². The lowest BCUT2D eigenvalue weighted by atomic mass is 10.0. The van der Waals surface area contributed by atoms with Crippen LogP contribution in [0.2, 0.25) is 0 Å². The van der Waals surface area contributed by atoms with Gasteiger partial charge in [0.05, 0.1) is 19.5 Å². The van der Waals surface area contributed by atoms with E-state index >= 15 is 0 Å². The molecule has 0 saturated carbocycles. The zero-order chi connectivity index (χ0) is 19.2. The Labute approximate surface area is 156 Å². The highest BCUT2D eigenvalue weighted by Gasteiger charge is 2.14. The fraction of sp³-hybridized carbons (Fsp3) is 0.667. The van der Waals surface area contributed by atoms with E-state index in [1.54, 1.807) is 6.07 Å².